The fraction of sp³-hybridized carbons (Fsp3) is 0.917. The fourth-order valence-electron chi connectivity index (χ4n) is 2.29. The maximum Gasteiger partial charge on any atom is 2.00 e. The second-order valence-electron chi connectivity index (χ2n) is 8.63. The maximum absolute atomic E-state index is 4.30. The molecule has 0 rings (SSSR count). The zero-order chi connectivity index (χ0) is 21.9. The molecule has 0 bridgehead atoms. The normalized spacial score (nSPS) is 11.5. The molecule has 173 valence electrons. The van der Waals surface area contributed by atoms with Gasteiger partial charge in [-0.05, 0) is 93.4 Å². The van der Waals surface area contributed by atoms with Crippen LogP contribution in [-0.4, -0.2) is 59.7 Å². The molecule has 0 spiro atoms. The molecule has 4 nitrogen and oxygen atoms in total. The first-order valence-corrected chi connectivity index (χ1v) is 11.6. The molecule has 0 saturated heterocycles. The summed E-state index contributed by atoms with van der Waals surface area (Å²) in [5, 5.41) is 0. The van der Waals surface area contributed by atoms with Gasteiger partial charge in [0.25, 0.3) is 0 Å². The van der Waals surface area contributed by atoms with Gasteiger partial charge < -0.3 is 19.8 Å². The first-order chi connectivity index (χ1) is 13.1. The zero-order valence-electron chi connectivity index (χ0n) is 21.1. The molecule has 0 unspecified atom stereocenters. The number of rotatable bonds is 14. The van der Waals surface area contributed by atoms with Crippen molar-refractivity contribution >= 4 is 12.7 Å². The van der Waals surface area contributed by atoms with Gasteiger partial charge in [0.1, 0.15) is 0 Å². The van der Waals surface area contributed by atoms with Gasteiger partial charge in [0.05, 0.1) is 0 Å². The third-order valence-corrected chi connectivity index (χ3v) is 4.14. The van der Waals surface area contributed by atoms with Crippen molar-refractivity contribution in [1.29, 1.82) is 0 Å². The Hall–Kier alpha value is -0.541. The van der Waals surface area contributed by atoms with E-state index in [4.69, 9.17) is 0 Å². The zero-order valence-corrected chi connectivity index (χ0v) is 22.3. The molecule has 0 aromatic rings. The van der Waals surface area contributed by atoms with Crippen LogP contribution in [0.15, 0.2) is 9.98 Å². The summed E-state index contributed by atoms with van der Waals surface area (Å²) in [5.74, 6) is 0. The van der Waals surface area contributed by atoms with Crippen LogP contribution in [0, 0.1) is 0 Å². The number of hydrogen-bond donors (Lipinski definition) is 0. The van der Waals surface area contributed by atoms with E-state index < -0.39 is 0 Å². The average molecular weight is 450 g/mol. The van der Waals surface area contributed by atoms with Crippen LogP contribution < -0.4 is 0 Å². The Morgan fingerprint density at radius 1 is 0.586 bits per heavy atom. The standard InChI is InChI=1S/2C12H25N2.Mn/c2*1-6-7-8-9-14(12(4)5)10-13-11(2)3;/h2*11-12H,6-9H2,1-5H3;/q2*-1;+2. The van der Waals surface area contributed by atoms with Gasteiger partial charge in [-0.15, -0.1) is 0 Å². The van der Waals surface area contributed by atoms with E-state index in [0.29, 0.717) is 24.2 Å². The summed E-state index contributed by atoms with van der Waals surface area (Å²) in [4.78, 5) is 13.0. The van der Waals surface area contributed by atoms with E-state index in [1.807, 2.05) is 0 Å². The molecule has 29 heavy (non-hydrogen) atoms. The molecule has 0 aliphatic heterocycles. The first-order valence-electron chi connectivity index (χ1n) is 11.6. The van der Waals surface area contributed by atoms with E-state index in [1.165, 1.54) is 38.5 Å². The van der Waals surface area contributed by atoms with Crippen LogP contribution in [0.3, 0.4) is 0 Å². The summed E-state index contributed by atoms with van der Waals surface area (Å²) in [5.41, 5.74) is 0. The van der Waals surface area contributed by atoms with Crippen molar-refractivity contribution in [2.24, 2.45) is 9.98 Å². The first kappa shape index (κ1) is 33.1. The molecule has 1 radical (unpaired) electrons. The number of nitrogens with zero attached hydrogens (tertiary/aromatic N) is 4. The van der Waals surface area contributed by atoms with Crippen molar-refractivity contribution in [1.82, 2.24) is 9.80 Å². The molecule has 0 saturated carbocycles. The molecule has 0 aliphatic carbocycles. The molecule has 0 N–H and O–H groups in total. The minimum absolute atomic E-state index is 0. The summed E-state index contributed by atoms with van der Waals surface area (Å²) >= 11 is 0. The quantitative estimate of drug-likeness (QED) is 0.0767. The summed E-state index contributed by atoms with van der Waals surface area (Å²) in [7, 11) is 0. The van der Waals surface area contributed by atoms with Gasteiger partial charge in [-0.1, -0.05) is 39.5 Å². The topological polar surface area (TPSA) is 31.2 Å². The van der Waals surface area contributed by atoms with Crippen molar-refractivity contribution < 1.29 is 17.1 Å². The molecule has 0 fully saturated rings. The van der Waals surface area contributed by atoms with Crippen molar-refractivity contribution in [3.63, 3.8) is 0 Å². The molecule has 0 amide bonds. The Morgan fingerprint density at radius 2 is 0.897 bits per heavy atom. The van der Waals surface area contributed by atoms with Gasteiger partial charge in [-0.25, -0.2) is 0 Å². The summed E-state index contributed by atoms with van der Waals surface area (Å²) in [6, 6.07) is 1.72. The summed E-state index contributed by atoms with van der Waals surface area (Å²) < 4.78 is 0. The van der Waals surface area contributed by atoms with Gasteiger partial charge in [0.15, 0.2) is 0 Å². The van der Waals surface area contributed by atoms with Crippen LogP contribution in [0.5, 0.6) is 0 Å². The fourth-order valence-corrected chi connectivity index (χ4v) is 2.29. The predicted octanol–water partition coefficient (Wildman–Crippen LogP) is 6.40. The van der Waals surface area contributed by atoms with Crippen LogP contribution in [0.1, 0.15) is 108 Å². The largest absolute Gasteiger partial charge is 2.00 e. The van der Waals surface area contributed by atoms with Crippen LogP contribution in [-0.2, 0) is 17.1 Å². The van der Waals surface area contributed by atoms with Crippen molar-refractivity contribution in [2.75, 3.05) is 13.1 Å². The second-order valence-corrected chi connectivity index (χ2v) is 8.63. The molecule has 0 heterocycles. The third kappa shape index (κ3) is 23.6. The van der Waals surface area contributed by atoms with Crippen molar-refractivity contribution in [2.45, 2.75) is 132 Å². The molecule has 0 aromatic heterocycles. The molecular weight excluding hydrogens is 399 g/mol. The van der Waals surface area contributed by atoms with E-state index in [1.54, 1.807) is 0 Å². The Balaban J connectivity index is -0.000000451. The number of hydrogen-bond acceptors (Lipinski definition) is 2. The Kier molecular flexibility index (Phi) is 25.3. The number of aliphatic imine (C=N–C) groups is 2. The van der Waals surface area contributed by atoms with E-state index in [9.17, 15) is 0 Å². The van der Waals surface area contributed by atoms with Gasteiger partial charge in [-0.3, -0.25) is 12.7 Å². The molecule has 0 atom stereocenters. The Bertz CT molecular complexity index is 343. The minimum atomic E-state index is 0. The van der Waals surface area contributed by atoms with Crippen LogP contribution in [0.4, 0.5) is 0 Å². The van der Waals surface area contributed by atoms with Crippen LogP contribution in [0.25, 0.3) is 0 Å². The number of unbranched alkanes of at least 4 members (excludes halogenated alkanes) is 4. The third-order valence-electron chi connectivity index (χ3n) is 4.14. The van der Waals surface area contributed by atoms with Gasteiger partial charge in [0, 0.05) is 12.1 Å². The molecule has 0 aromatic carbocycles. The van der Waals surface area contributed by atoms with Crippen molar-refractivity contribution in [3.05, 3.63) is 0 Å². The SMILES string of the molecule is CCCCCN([C-]=NC(C)C)C(C)C.CCCCCN([C-]=NC(C)C)C(C)C.[Mn+2]. The van der Waals surface area contributed by atoms with Gasteiger partial charge >= 0.3 is 17.1 Å². The van der Waals surface area contributed by atoms with Gasteiger partial charge in [0.2, 0.25) is 0 Å². The molecular formula is C24H50MnN4. The second kappa shape index (κ2) is 22.2. The van der Waals surface area contributed by atoms with E-state index in [-0.39, 0.29) is 17.1 Å². The van der Waals surface area contributed by atoms with Crippen molar-refractivity contribution in [3.8, 4) is 0 Å². The summed E-state index contributed by atoms with van der Waals surface area (Å²) in [6.45, 7) is 23.7. The predicted molar refractivity (Wildman–Crippen MR) is 128 cm³/mol. The van der Waals surface area contributed by atoms with E-state index in [0.717, 1.165) is 13.1 Å². The Labute approximate surface area is 194 Å². The van der Waals surface area contributed by atoms with Gasteiger partial charge in [-0.2, -0.15) is 0 Å². The molecule has 0 aliphatic rings. The molecule has 5 heteroatoms. The Morgan fingerprint density at radius 3 is 1.10 bits per heavy atom. The van der Waals surface area contributed by atoms with Crippen LogP contribution >= 0.6 is 0 Å². The average Bonchev–Trinajstić information content (AvgIpc) is 2.60. The van der Waals surface area contributed by atoms with E-state index in [2.05, 4.69) is 102 Å². The summed E-state index contributed by atoms with van der Waals surface area (Å²) in [6.07, 6.45) is 13.9. The van der Waals surface area contributed by atoms with E-state index >= 15 is 0 Å². The minimum Gasteiger partial charge on any atom is -0.535 e. The smallest absolute Gasteiger partial charge is 0.535 e. The van der Waals surface area contributed by atoms with Crippen LogP contribution in [0.2, 0.25) is 0 Å². The maximum atomic E-state index is 4.30. The monoisotopic (exact) mass is 449 g/mol.